The molecule has 0 heterocycles. The van der Waals surface area contributed by atoms with Gasteiger partial charge in [0.1, 0.15) is 0 Å². The van der Waals surface area contributed by atoms with Crippen LogP contribution in [0.25, 0.3) is 0 Å². The van der Waals surface area contributed by atoms with Crippen LogP contribution in [0.15, 0.2) is 11.6 Å². The third-order valence-electron chi connectivity index (χ3n) is 2.78. The summed E-state index contributed by atoms with van der Waals surface area (Å²) < 4.78 is 0. The fourth-order valence-electron chi connectivity index (χ4n) is 1.65. The van der Waals surface area contributed by atoms with E-state index in [-0.39, 0.29) is 11.5 Å². The summed E-state index contributed by atoms with van der Waals surface area (Å²) in [6.07, 6.45) is 8.19. The van der Waals surface area contributed by atoms with Crippen LogP contribution in [0.3, 0.4) is 0 Å². The molecule has 1 aliphatic rings. The average Bonchev–Trinajstić information content (AvgIpc) is 2.04. The van der Waals surface area contributed by atoms with Gasteiger partial charge in [0.25, 0.3) is 0 Å². The lowest BCUT2D eigenvalue weighted by Gasteiger charge is -2.25. The van der Waals surface area contributed by atoms with Gasteiger partial charge in [0.05, 0.1) is 6.10 Å². The molecule has 0 aromatic rings. The zero-order valence-electron chi connectivity index (χ0n) is 9.14. The first-order valence-electron chi connectivity index (χ1n) is 5.38. The minimum absolute atomic E-state index is 0.00948. The first-order valence-corrected chi connectivity index (χ1v) is 5.38. The van der Waals surface area contributed by atoms with Crippen molar-refractivity contribution in [2.75, 3.05) is 0 Å². The van der Waals surface area contributed by atoms with Crippen LogP contribution in [-0.2, 0) is 0 Å². The normalized spacial score (nSPS) is 21.4. The molecule has 1 N–H and O–H groups in total. The maximum atomic E-state index is 9.86. The van der Waals surface area contributed by atoms with E-state index in [1.807, 2.05) is 0 Å². The zero-order valence-corrected chi connectivity index (χ0v) is 9.14. The van der Waals surface area contributed by atoms with Crippen LogP contribution in [0.1, 0.15) is 52.9 Å². The van der Waals surface area contributed by atoms with Gasteiger partial charge in [0.2, 0.25) is 0 Å². The largest absolute Gasteiger partial charge is 0.388 e. The predicted octanol–water partition coefficient (Wildman–Crippen LogP) is 3.28. The van der Waals surface area contributed by atoms with E-state index in [2.05, 4.69) is 26.8 Å². The van der Waals surface area contributed by atoms with Gasteiger partial charge < -0.3 is 5.11 Å². The molecule has 0 spiro atoms. The highest BCUT2D eigenvalue weighted by molar-refractivity contribution is 5.08. The smallest absolute Gasteiger partial charge is 0.0771 e. The van der Waals surface area contributed by atoms with E-state index in [9.17, 15) is 5.11 Å². The third kappa shape index (κ3) is 3.51. The number of aliphatic hydroxyl groups is 1. The first kappa shape index (κ1) is 10.8. The monoisotopic (exact) mass is 182 g/mol. The highest BCUT2D eigenvalue weighted by Crippen LogP contribution is 2.27. The van der Waals surface area contributed by atoms with Crippen molar-refractivity contribution in [2.24, 2.45) is 5.41 Å². The zero-order chi connectivity index (χ0) is 9.90. The van der Waals surface area contributed by atoms with Gasteiger partial charge in [-0.25, -0.2) is 0 Å². The fourth-order valence-corrected chi connectivity index (χ4v) is 1.65. The van der Waals surface area contributed by atoms with Gasteiger partial charge >= 0.3 is 0 Å². The topological polar surface area (TPSA) is 20.2 Å². The van der Waals surface area contributed by atoms with Gasteiger partial charge in [-0.05, 0) is 31.1 Å². The van der Waals surface area contributed by atoms with Crippen LogP contribution in [-0.4, -0.2) is 11.2 Å². The molecule has 1 rings (SSSR count). The van der Waals surface area contributed by atoms with Crippen LogP contribution >= 0.6 is 0 Å². The Morgan fingerprint density at radius 2 is 1.69 bits per heavy atom. The summed E-state index contributed by atoms with van der Waals surface area (Å²) in [7, 11) is 0. The third-order valence-corrected chi connectivity index (χ3v) is 2.78. The number of aliphatic hydroxyl groups excluding tert-OH is 1. The molecular weight excluding hydrogens is 160 g/mol. The van der Waals surface area contributed by atoms with Gasteiger partial charge in [-0.1, -0.05) is 38.8 Å². The lowest BCUT2D eigenvalue weighted by molar-refractivity contribution is 0.104. The second-order valence-corrected chi connectivity index (χ2v) is 5.20. The van der Waals surface area contributed by atoms with Crippen molar-refractivity contribution in [3.63, 3.8) is 0 Å². The maximum Gasteiger partial charge on any atom is 0.0771 e. The fraction of sp³-hybridized carbons (Fsp3) is 0.833. The van der Waals surface area contributed by atoms with Gasteiger partial charge in [0, 0.05) is 0 Å². The molecule has 0 bridgehead atoms. The molecule has 1 aliphatic carbocycles. The highest BCUT2D eigenvalue weighted by atomic mass is 16.3. The lowest BCUT2D eigenvalue weighted by Crippen LogP contribution is -2.24. The minimum atomic E-state index is -0.277. The Morgan fingerprint density at radius 3 is 2.15 bits per heavy atom. The minimum Gasteiger partial charge on any atom is -0.388 e. The second-order valence-electron chi connectivity index (χ2n) is 5.20. The van der Waals surface area contributed by atoms with Gasteiger partial charge in [-0.2, -0.15) is 0 Å². The van der Waals surface area contributed by atoms with E-state index in [4.69, 9.17) is 0 Å². The van der Waals surface area contributed by atoms with E-state index in [0.29, 0.717) is 0 Å². The average molecular weight is 182 g/mol. The summed E-state index contributed by atoms with van der Waals surface area (Å²) in [5, 5.41) is 9.86. The number of allylic oxidation sites excluding steroid dienone is 1. The molecule has 13 heavy (non-hydrogen) atoms. The maximum absolute atomic E-state index is 9.86. The summed E-state index contributed by atoms with van der Waals surface area (Å²) in [6, 6.07) is 0. The van der Waals surface area contributed by atoms with Crippen LogP contribution in [0.2, 0.25) is 0 Å². The Hall–Kier alpha value is -0.300. The van der Waals surface area contributed by atoms with Crippen LogP contribution in [0.4, 0.5) is 0 Å². The molecule has 1 nitrogen and oxygen atoms in total. The number of rotatable bonds is 1. The molecule has 1 fully saturated rings. The highest BCUT2D eigenvalue weighted by Gasteiger charge is 2.20. The molecule has 76 valence electrons. The van der Waals surface area contributed by atoms with Gasteiger partial charge in [-0.3, -0.25) is 0 Å². The first-order chi connectivity index (χ1) is 6.00. The molecule has 0 aromatic heterocycles. The van der Waals surface area contributed by atoms with Crippen LogP contribution in [0, 0.1) is 5.41 Å². The van der Waals surface area contributed by atoms with Crippen molar-refractivity contribution >= 4 is 0 Å². The molecule has 1 unspecified atom stereocenters. The summed E-state index contributed by atoms with van der Waals surface area (Å²) in [5.41, 5.74) is 1.46. The molecule has 0 amide bonds. The Kier molecular flexibility index (Phi) is 3.55. The molecule has 0 saturated heterocycles. The molecule has 0 aliphatic heterocycles. The SMILES string of the molecule is CC(C)(C)C(O)C=C1CCCCC1. The second kappa shape index (κ2) is 4.28. The van der Waals surface area contributed by atoms with E-state index >= 15 is 0 Å². The molecule has 1 heteroatoms. The van der Waals surface area contributed by atoms with Crippen LogP contribution in [0.5, 0.6) is 0 Å². The molecule has 0 radical (unpaired) electrons. The summed E-state index contributed by atoms with van der Waals surface area (Å²) in [5.74, 6) is 0. The summed E-state index contributed by atoms with van der Waals surface area (Å²) >= 11 is 0. The Balaban J connectivity index is 2.53. The van der Waals surface area contributed by atoms with E-state index in [1.54, 1.807) is 0 Å². The molecule has 0 aromatic carbocycles. The Morgan fingerprint density at radius 1 is 1.15 bits per heavy atom. The van der Waals surface area contributed by atoms with Crippen molar-refractivity contribution in [1.29, 1.82) is 0 Å². The van der Waals surface area contributed by atoms with Crippen LogP contribution < -0.4 is 0 Å². The number of hydrogen-bond acceptors (Lipinski definition) is 1. The molecule has 1 saturated carbocycles. The standard InChI is InChI=1S/C12H22O/c1-12(2,3)11(13)9-10-7-5-4-6-8-10/h9,11,13H,4-8H2,1-3H3. The predicted molar refractivity (Wildman–Crippen MR) is 56.6 cm³/mol. The summed E-state index contributed by atoms with van der Waals surface area (Å²) in [4.78, 5) is 0. The van der Waals surface area contributed by atoms with E-state index < -0.39 is 0 Å². The number of hydrogen-bond donors (Lipinski definition) is 1. The quantitative estimate of drug-likeness (QED) is 0.617. The van der Waals surface area contributed by atoms with Crippen molar-refractivity contribution in [2.45, 2.75) is 59.0 Å². The molecular formula is C12H22O. The van der Waals surface area contributed by atoms with E-state index in [0.717, 1.165) is 0 Å². The van der Waals surface area contributed by atoms with Gasteiger partial charge in [-0.15, -0.1) is 0 Å². The summed E-state index contributed by atoms with van der Waals surface area (Å²) in [6.45, 7) is 6.24. The Labute approximate surface area is 81.9 Å². The Bertz CT molecular complexity index is 178. The van der Waals surface area contributed by atoms with Gasteiger partial charge in [0.15, 0.2) is 0 Å². The van der Waals surface area contributed by atoms with Crippen molar-refractivity contribution in [3.05, 3.63) is 11.6 Å². The van der Waals surface area contributed by atoms with E-state index in [1.165, 1.54) is 37.7 Å². The van der Waals surface area contributed by atoms with Crippen molar-refractivity contribution in [1.82, 2.24) is 0 Å². The molecule has 1 atom stereocenters. The van der Waals surface area contributed by atoms with Crippen molar-refractivity contribution < 1.29 is 5.11 Å². The lowest BCUT2D eigenvalue weighted by atomic mass is 9.85. The van der Waals surface area contributed by atoms with Crippen molar-refractivity contribution in [3.8, 4) is 0 Å².